The minimum absolute atomic E-state index is 0.185. The number of hydrogen-bond donors (Lipinski definition) is 1. The number of carbonyl (C=O) groups excluding carboxylic acids is 1. The van der Waals surface area contributed by atoms with Crippen molar-refractivity contribution in [3.05, 3.63) is 52.3 Å². The normalized spacial score (nSPS) is 11.0. The number of nitrogens with one attached hydrogen (secondary N) is 1. The van der Waals surface area contributed by atoms with E-state index in [0.29, 0.717) is 10.7 Å². The van der Waals surface area contributed by atoms with Crippen molar-refractivity contribution < 1.29 is 4.79 Å². The molecule has 104 valence electrons. The Bertz CT molecular complexity index is 657. The highest BCUT2D eigenvalue weighted by atomic mass is 35.5. The molecular formula is C15H16ClN3O. The minimum Gasteiger partial charge on any atom is -0.323 e. The number of nitrogens with zero attached hydrogens (tertiary/aromatic N) is 2. The van der Waals surface area contributed by atoms with Crippen molar-refractivity contribution in [1.29, 1.82) is 0 Å². The molecule has 0 unspecified atom stereocenters. The van der Waals surface area contributed by atoms with Gasteiger partial charge in [0.15, 0.2) is 0 Å². The van der Waals surface area contributed by atoms with E-state index in [2.05, 4.69) is 10.4 Å². The van der Waals surface area contributed by atoms with Crippen LogP contribution in [0.3, 0.4) is 0 Å². The zero-order valence-electron chi connectivity index (χ0n) is 11.6. The van der Waals surface area contributed by atoms with Gasteiger partial charge in [-0.3, -0.25) is 9.48 Å². The van der Waals surface area contributed by atoms with Gasteiger partial charge in [0.25, 0.3) is 0 Å². The molecule has 1 heterocycles. The van der Waals surface area contributed by atoms with Gasteiger partial charge >= 0.3 is 0 Å². The first-order valence-corrected chi connectivity index (χ1v) is 6.60. The van der Waals surface area contributed by atoms with Crippen LogP contribution in [0.2, 0.25) is 5.02 Å². The fourth-order valence-electron chi connectivity index (χ4n) is 1.91. The number of amides is 1. The topological polar surface area (TPSA) is 46.9 Å². The summed E-state index contributed by atoms with van der Waals surface area (Å²) in [6, 6.07) is 6.98. The van der Waals surface area contributed by atoms with Crippen molar-refractivity contribution >= 4 is 29.3 Å². The molecule has 0 aliphatic rings. The van der Waals surface area contributed by atoms with Crippen LogP contribution in [0, 0.1) is 13.8 Å². The fourth-order valence-corrected chi connectivity index (χ4v) is 2.03. The summed E-state index contributed by atoms with van der Waals surface area (Å²) in [4.78, 5) is 11.8. The summed E-state index contributed by atoms with van der Waals surface area (Å²) < 4.78 is 1.80. The number of aryl methyl sites for hydroxylation is 2. The first-order valence-electron chi connectivity index (χ1n) is 6.22. The van der Waals surface area contributed by atoms with E-state index in [1.54, 1.807) is 35.0 Å². The molecule has 1 aromatic carbocycles. The molecule has 0 atom stereocenters. The van der Waals surface area contributed by atoms with Crippen LogP contribution in [0.5, 0.6) is 0 Å². The molecule has 0 saturated carbocycles. The highest BCUT2D eigenvalue weighted by molar-refractivity contribution is 6.30. The van der Waals surface area contributed by atoms with E-state index in [1.807, 2.05) is 20.9 Å². The van der Waals surface area contributed by atoms with Crippen molar-refractivity contribution in [3.8, 4) is 0 Å². The van der Waals surface area contributed by atoms with Crippen LogP contribution in [0.25, 0.3) is 6.08 Å². The number of carbonyl (C=O) groups is 1. The van der Waals surface area contributed by atoms with Crippen molar-refractivity contribution in [2.75, 3.05) is 5.32 Å². The molecule has 0 aliphatic carbocycles. The SMILES string of the molecule is Cc1nn(C)c(C)c1/C=C/C(=O)Nc1ccc(Cl)cc1. The van der Waals surface area contributed by atoms with Crippen molar-refractivity contribution in [1.82, 2.24) is 9.78 Å². The summed E-state index contributed by atoms with van der Waals surface area (Å²) >= 11 is 5.79. The van der Waals surface area contributed by atoms with Crippen LogP contribution in [-0.2, 0) is 11.8 Å². The first-order chi connectivity index (χ1) is 9.47. The molecule has 20 heavy (non-hydrogen) atoms. The summed E-state index contributed by atoms with van der Waals surface area (Å²) in [6.07, 6.45) is 3.29. The molecule has 0 fully saturated rings. The van der Waals surface area contributed by atoms with Gasteiger partial charge in [0, 0.05) is 35.1 Å². The number of rotatable bonds is 3. The number of halogens is 1. The molecule has 2 aromatic rings. The zero-order chi connectivity index (χ0) is 14.7. The Balaban J connectivity index is 2.07. The van der Waals surface area contributed by atoms with Crippen molar-refractivity contribution in [3.63, 3.8) is 0 Å². The van der Waals surface area contributed by atoms with Crippen LogP contribution in [0.1, 0.15) is 17.0 Å². The van der Waals surface area contributed by atoms with Gasteiger partial charge in [-0.1, -0.05) is 11.6 Å². The summed E-state index contributed by atoms with van der Waals surface area (Å²) in [5.41, 5.74) is 3.61. The van der Waals surface area contributed by atoms with E-state index >= 15 is 0 Å². The van der Waals surface area contributed by atoms with Gasteiger partial charge in [-0.25, -0.2) is 0 Å². The molecule has 0 radical (unpaired) electrons. The van der Waals surface area contributed by atoms with Crippen LogP contribution >= 0.6 is 11.6 Å². The highest BCUT2D eigenvalue weighted by Gasteiger charge is 2.06. The second-order valence-corrected chi connectivity index (χ2v) is 4.97. The van der Waals surface area contributed by atoms with E-state index in [9.17, 15) is 4.79 Å². The molecule has 1 amide bonds. The Kier molecular flexibility index (Phi) is 4.25. The molecule has 4 nitrogen and oxygen atoms in total. The van der Waals surface area contributed by atoms with Gasteiger partial charge in [0.2, 0.25) is 5.91 Å². The van der Waals surface area contributed by atoms with Gasteiger partial charge in [-0.05, 0) is 44.2 Å². The fraction of sp³-hybridized carbons (Fsp3) is 0.200. The van der Waals surface area contributed by atoms with E-state index in [4.69, 9.17) is 11.6 Å². The molecule has 0 spiro atoms. The Morgan fingerprint density at radius 1 is 1.30 bits per heavy atom. The summed E-state index contributed by atoms with van der Waals surface area (Å²) in [5, 5.41) is 7.71. The van der Waals surface area contributed by atoms with Gasteiger partial charge in [0.1, 0.15) is 0 Å². The Hall–Kier alpha value is -2.07. The summed E-state index contributed by atoms with van der Waals surface area (Å²) in [6.45, 7) is 3.89. The molecule has 0 bridgehead atoms. The van der Waals surface area contributed by atoms with E-state index in [-0.39, 0.29) is 5.91 Å². The summed E-state index contributed by atoms with van der Waals surface area (Å²) in [5.74, 6) is -0.185. The predicted molar refractivity (Wildman–Crippen MR) is 81.8 cm³/mol. The maximum atomic E-state index is 11.8. The molecule has 1 N–H and O–H groups in total. The second kappa shape index (κ2) is 5.92. The standard InChI is InChI=1S/C15H16ClN3O/c1-10-14(11(2)19(3)18-10)8-9-15(20)17-13-6-4-12(16)5-7-13/h4-9H,1-3H3,(H,17,20)/b9-8+. The number of hydrogen-bond acceptors (Lipinski definition) is 2. The van der Waals surface area contributed by atoms with Crippen LogP contribution in [-0.4, -0.2) is 15.7 Å². The quantitative estimate of drug-likeness (QED) is 0.881. The number of aromatic nitrogens is 2. The van der Waals surface area contributed by atoms with E-state index in [0.717, 1.165) is 17.0 Å². The van der Waals surface area contributed by atoms with Gasteiger partial charge in [-0.15, -0.1) is 0 Å². The molecule has 1 aromatic heterocycles. The number of benzene rings is 1. The lowest BCUT2D eigenvalue weighted by Crippen LogP contribution is -2.07. The minimum atomic E-state index is -0.185. The Morgan fingerprint density at radius 3 is 2.50 bits per heavy atom. The molecule has 0 saturated heterocycles. The lowest BCUT2D eigenvalue weighted by Gasteiger charge is -2.01. The Labute approximate surface area is 123 Å². The smallest absolute Gasteiger partial charge is 0.248 e. The second-order valence-electron chi connectivity index (χ2n) is 4.54. The van der Waals surface area contributed by atoms with Gasteiger partial charge < -0.3 is 5.32 Å². The number of anilines is 1. The van der Waals surface area contributed by atoms with E-state index < -0.39 is 0 Å². The van der Waals surface area contributed by atoms with Gasteiger partial charge in [-0.2, -0.15) is 5.10 Å². The van der Waals surface area contributed by atoms with Gasteiger partial charge in [0.05, 0.1) is 5.69 Å². The lowest BCUT2D eigenvalue weighted by atomic mass is 10.2. The average molecular weight is 290 g/mol. The molecular weight excluding hydrogens is 274 g/mol. The monoisotopic (exact) mass is 289 g/mol. The predicted octanol–water partition coefficient (Wildman–Crippen LogP) is 3.34. The maximum Gasteiger partial charge on any atom is 0.248 e. The summed E-state index contributed by atoms with van der Waals surface area (Å²) in [7, 11) is 1.88. The largest absolute Gasteiger partial charge is 0.323 e. The molecule has 5 heteroatoms. The third-order valence-electron chi connectivity index (χ3n) is 3.08. The van der Waals surface area contributed by atoms with E-state index in [1.165, 1.54) is 6.08 Å². The highest BCUT2D eigenvalue weighted by Crippen LogP contribution is 2.15. The van der Waals surface area contributed by atoms with Crippen molar-refractivity contribution in [2.45, 2.75) is 13.8 Å². The first kappa shape index (κ1) is 14.3. The Morgan fingerprint density at radius 2 is 1.95 bits per heavy atom. The van der Waals surface area contributed by atoms with Crippen LogP contribution in [0.4, 0.5) is 5.69 Å². The maximum absolute atomic E-state index is 11.8. The average Bonchev–Trinajstić information content (AvgIpc) is 2.64. The molecule has 0 aliphatic heterocycles. The zero-order valence-corrected chi connectivity index (χ0v) is 12.4. The lowest BCUT2D eigenvalue weighted by molar-refractivity contribution is -0.111. The molecule has 2 rings (SSSR count). The van der Waals surface area contributed by atoms with Crippen LogP contribution in [0.15, 0.2) is 30.3 Å². The van der Waals surface area contributed by atoms with Crippen molar-refractivity contribution in [2.24, 2.45) is 7.05 Å². The third kappa shape index (κ3) is 3.27. The van der Waals surface area contributed by atoms with Crippen LogP contribution < -0.4 is 5.32 Å². The third-order valence-corrected chi connectivity index (χ3v) is 3.33.